The zero-order valence-electron chi connectivity index (χ0n) is 7.23. The highest BCUT2D eigenvalue weighted by atomic mass is 32.2. The molecule has 0 radical (unpaired) electrons. The largest absolute Gasteiger partial charge is 0.249 e. The molecular formula is C7H10N2O2S2. The van der Waals surface area contributed by atoms with Crippen LogP contribution in [0.2, 0.25) is 0 Å². The zero-order chi connectivity index (χ0) is 9.47. The lowest BCUT2D eigenvalue weighted by atomic mass is 10.2. The average molecular weight is 218 g/mol. The van der Waals surface area contributed by atoms with Gasteiger partial charge in [0.15, 0.2) is 0 Å². The van der Waals surface area contributed by atoms with Crippen LogP contribution in [0, 0.1) is 0 Å². The van der Waals surface area contributed by atoms with E-state index >= 15 is 0 Å². The van der Waals surface area contributed by atoms with Gasteiger partial charge in [-0.05, 0) is 0 Å². The summed E-state index contributed by atoms with van der Waals surface area (Å²) in [5, 5.41) is 0. The minimum absolute atomic E-state index is 0.499. The fraction of sp³-hybridized carbons (Fsp3) is 0.571. The van der Waals surface area contributed by atoms with Gasteiger partial charge in [0.05, 0.1) is 17.5 Å². The molecule has 1 aromatic heterocycles. The number of hydrogen-bond donors (Lipinski definition) is 0. The molecule has 6 heteroatoms. The number of nitrogens with zero attached hydrogens (tertiary/aromatic N) is 2. The van der Waals surface area contributed by atoms with E-state index in [9.17, 15) is 8.42 Å². The standard InChI is InChI=1S/C7H10N2O2S2/c1-13(10,11)9-3-2-6-7(4-9)12-5-8-6/h5H,2-4H2,1H3. The van der Waals surface area contributed by atoms with Gasteiger partial charge in [-0.3, -0.25) is 0 Å². The summed E-state index contributed by atoms with van der Waals surface area (Å²) in [6, 6.07) is 0. The van der Waals surface area contributed by atoms with E-state index in [2.05, 4.69) is 4.98 Å². The first kappa shape index (κ1) is 9.11. The van der Waals surface area contributed by atoms with E-state index in [4.69, 9.17) is 0 Å². The number of rotatable bonds is 1. The summed E-state index contributed by atoms with van der Waals surface area (Å²) in [7, 11) is -3.03. The third kappa shape index (κ3) is 1.74. The smallest absolute Gasteiger partial charge is 0.211 e. The first-order chi connectivity index (χ1) is 6.07. The summed E-state index contributed by atoms with van der Waals surface area (Å²) in [4.78, 5) is 5.25. The van der Waals surface area contributed by atoms with E-state index in [1.54, 1.807) is 5.51 Å². The van der Waals surface area contributed by atoms with Crippen LogP contribution in [-0.4, -0.2) is 30.5 Å². The van der Waals surface area contributed by atoms with Gasteiger partial charge in [-0.15, -0.1) is 11.3 Å². The van der Waals surface area contributed by atoms with Crippen LogP contribution in [0.25, 0.3) is 0 Å². The number of aromatic nitrogens is 1. The molecule has 0 amide bonds. The molecule has 13 heavy (non-hydrogen) atoms. The molecule has 1 aromatic rings. The molecule has 0 unspecified atom stereocenters. The molecule has 1 aliphatic rings. The van der Waals surface area contributed by atoms with Crippen LogP contribution in [0.3, 0.4) is 0 Å². The van der Waals surface area contributed by atoms with Crippen LogP contribution < -0.4 is 0 Å². The van der Waals surface area contributed by atoms with E-state index in [0.717, 1.165) is 17.0 Å². The van der Waals surface area contributed by atoms with Crippen molar-refractivity contribution in [3.63, 3.8) is 0 Å². The summed E-state index contributed by atoms with van der Waals surface area (Å²) in [5.74, 6) is 0. The highest BCUT2D eigenvalue weighted by Gasteiger charge is 2.24. The van der Waals surface area contributed by atoms with Crippen LogP contribution in [-0.2, 0) is 23.0 Å². The maximum Gasteiger partial charge on any atom is 0.211 e. The topological polar surface area (TPSA) is 50.3 Å². The molecule has 0 saturated carbocycles. The molecule has 0 atom stereocenters. The summed E-state index contributed by atoms with van der Waals surface area (Å²) in [6.45, 7) is 1.06. The molecule has 0 saturated heterocycles. The predicted octanol–water partition coefficient (Wildman–Crippen LogP) is 0.461. The second-order valence-electron chi connectivity index (χ2n) is 3.07. The second kappa shape index (κ2) is 3.04. The predicted molar refractivity (Wildman–Crippen MR) is 51.1 cm³/mol. The molecule has 0 N–H and O–H groups in total. The summed E-state index contributed by atoms with van der Waals surface area (Å²) >= 11 is 1.53. The summed E-state index contributed by atoms with van der Waals surface area (Å²) in [6.07, 6.45) is 1.99. The first-order valence-corrected chi connectivity index (χ1v) is 6.66. The van der Waals surface area contributed by atoms with Gasteiger partial charge in [0, 0.05) is 24.4 Å². The number of hydrogen-bond acceptors (Lipinski definition) is 4. The van der Waals surface area contributed by atoms with E-state index in [0.29, 0.717) is 13.1 Å². The lowest BCUT2D eigenvalue weighted by molar-refractivity contribution is 0.396. The lowest BCUT2D eigenvalue weighted by Crippen LogP contribution is -2.34. The molecule has 0 fully saturated rings. The van der Waals surface area contributed by atoms with Gasteiger partial charge >= 0.3 is 0 Å². The monoisotopic (exact) mass is 218 g/mol. The lowest BCUT2D eigenvalue weighted by Gasteiger charge is -2.23. The Bertz CT molecular complexity index is 410. The van der Waals surface area contributed by atoms with Crippen LogP contribution in [0.4, 0.5) is 0 Å². The molecule has 0 aliphatic carbocycles. The van der Waals surface area contributed by atoms with Gasteiger partial charge < -0.3 is 0 Å². The third-order valence-corrected chi connectivity index (χ3v) is 4.22. The highest BCUT2D eigenvalue weighted by Crippen LogP contribution is 2.22. The molecule has 1 aliphatic heterocycles. The van der Waals surface area contributed by atoms with Crippen molar-refractivity contribution in [1.29, 1.82) is 0 Å². The Labute approximate surface area is 81.3 Å². The van der Waals surface area contributed by atoms with Gasteiger partial charge in [0.2, 0.25) is 10.0 Å². The molecule has 2 heterocycles. The van der Waals surface area contributed by atoms with Crippen molar-refractivity contribution in [2.24, 2.45) is 0 Å². The normalized spacial score (nSPS) is 18.5. The van der Waals surface area contributed by atoms with Crippen LogP contribution in [0.1, 0.15) is 10.6 Å². The van der Waals surface area contributed by atoms with E-state index in [1.165, 1.54) is 21.9 Å². The maximum absolute atomic E-state index is 11.2. The van der Waals surface area contributed by atoms with E-state index in [-0.39, 0.29) is 0 Å². The Morgan fingerprint density at radius 2 is 2.38 bits per heavy atom. The average Bonchev–Trinajstić information content (AvgIpc) is 2.47. The van der Waals surface area contributed by atoms with Crippen LogP contribution in [0.15, 0.2) is 5.51 Å². The minimum Gasteiger partial charge on any atom is -0.249 e. The maximum atomic E-state index is 11.2. The van der Waals surface area contributed by atoms with Crippen molar-refractivity contribution >= 4 is 21.4 Å². The molecule has 0 spiro atoms. The van der Waals surface area contributed by atoms with Crippen molar-refractivity contribution in [2.75, 3.05) is 12.8 Å². The minimum atomic E-state index is -3.03. The van der Waals surface area contributed by atoms with Gasteiger partial charge in [-0.2, -0.15) is 4.31 Å². The van der Waals surface area contributed by atoms with Crippen LogP contribution >= 0.6 is 11.3 Å². The van der Waals surface area contributed by atoms with Crippen molar-refractivity contribution < 1.29 is 8.42 Å². The Morgan fingerprint density at radius 1 is 1.62 bits per heavy atom. The fourth-order valence-electron chi connectivity index (χ4n) is 1.38. The molecular weight excluding hydrogens is 208 g/mol. The Kier molecular flexibility index (Phi) is 2.13. The molecule has 0 aromatic carbocycles. The Hall–Kier alpha value is -0.460. The van der Waals surface area contributed by atoms with Crippen molar-refractivity contribution in [3.8, 4) is 0 Å². The number of fused-ring (bicyclic) bond motifs is 1. The third-order valence-electron chi connectivity index (χ3n) is 2.11. The van der Waals surface area contributed by atoms with Gasteiger partial charge in [0.25, 0.3) is 0 Å². The molecule has 0 bridgehead atoms. The van der Waals surface area contributed by atoms with E-state index in [1.807, 2.05) is 0 Å². The quantitative estimate of drug-likeness (QED) is 0.688. The second-order valence-corrected chi connectivity index (χ2v) is 5.99. The Morgan fingerprint density at radius 3 is 3.08 bits per heavy atom. The zero-order valence-corrected chi connectivity index (χ0v) is 8.86. The van der Waals surface area contributed by atoms with Crippen molar-refractivity contribution in [1.82, 2.24) is 9.29 Å². The molecule has 2 rings (SSSR count). The van der Waals surface area contributed by atoms with Crippen molar-refractivity contribution in [3.05, 3.63) is 16.1 Å². The molecule has 4 nitrogen and oxygen atoms in total. The number of sulfonamides is 1. The SMILES string of the molecule is CS(=O)(=O)N1CCc2ncsc2C1. The van der Waals surface area contributed by atoms with E-state index < -0.39 is 10.0 Å². The van der Waals surface area contributed by atoms with Gasteiger partial charge in [0.1, 0.15) is 0 Å². The first-order valence-electron chi connectivity index (χ1n) is 3.94. The molecule has 72 valence electrons. The van der Waals surface area contributed by atoms with Crippen molar-refractivity contribution in [2.45, 2.75) is 13.0 Å². The summed E-state index contributed by atoms with van der Waals surface area (Å²) in [5.41, 5.74) is 2.83. The highest BCUT2D eigenvalue weighted by molar-refractivity contribution is 7.88. The number of thiazole rings is 1. The Balaban J connectivity index is 2.27. The van der Waals surface area contributed by atoms with Gasteiger partial charge in [-0.1, -0.05) is 0 Å². The fourth-order valence-corrected chi connectivity index (χ4v) is 3.08. The summed E-state index contributed by atoms with van der Waals surface area (Å²) < 4.78 is 23.9. The van der Waals surface area contributed by atoms with Crippen LogP contribution in [0.5, 0.6) is 0 Å². The van der Waals surface area contributed by atoms with Gasteiger partial charge in [-0.25, -0.2) is 13.4 Å².